The smallest absolute Gasteiger partial charge is 0.229 e. The Hall–Kier alpha value is -3.66. The molecular formula is C27H38N10. The topological polar surface area (TPSA) is 106 Å². The average Bonchev–Trinajstić information content (AvgIpc) is 3.57. The molecule has 0 atom stereocenters. The van der Waals surface area contributed by atoms with Crippen molar-refractivity contribution in [2.24, 2.45) is 5.73 Å². The fraction of sp³-hybridized carbons (Fsp3) is 0.481. The van der Waals surface area contributed by atoms with Crippen LogP contribution in [0.2, 0.25) is 0 Å². The first-order chi connectivity index (χ1) is 18.0. The number of imidazole rings is 1. The van der Waals surface area contributed by atoms with Gasteiger partial charge in [0.1, 0.15) is 0 Å². The molecule has 4 heterocycles. The van der Waals surface area contributed by atoms with Gasteiger partial charge in [-0.3, -0.25) is 0 Å². The van der Waals surface area contributed by atoms with Crippen LogP contribution in [0.4, 0.5) is 17.6 Å². The van der Waals surface area contributed by atoms with Gasteiger partial charge in [-0.2, -0.15) is 15.1 Å². The number of aromatic nitrogens is 6. The lowest BCUT2D eigenvalue weighted by molar-refractivity contribution is 0.495. The van der Waals surface area contributed by atoms with E-state index in [2.05, 4.69) is 76.6 Å². The Balaban J connectivity index is 1.45. The molecule has 1 fully saturated rings. The van der Waals surface area contributed by atoms with Gasteiger partial charge in [0.2, 0.25) is 5.95 Å². The van der Waals surface area contributed by atoms with Gasteiger partial charge in [-0.15, -0.1) is 0 Å². The van der Waals surface area contributed by atoms with Gasteiger partial charge in [0.15, 0.2) is 22.8 Å². The predicted molar refractivity (Wildman–Crippen MR) is 150 cm³/mol. The van der Waals surface area contributed by atoms with Crippen LogP contribution in [0.15, 0.2) is 42.9 Å². The third-order valence-electron chi connectivity index (χ3n) is 7.14. The van der Waals surface area contributed by atoms with Gasteiger partial charge < -0.3 is 25.4 Å². The zero-order chi connectivity index (χ0) is 25.9. The molecule has 1 aromatic carbocycles. The summed E-state index contributed by atoms with van der Waals surface area (Å²) in [5.74, 6) is 2.46. The molecule has 1 aliphatic heterocycles. The van der Waals surface area contributed by atoms with Crippen LogP contribution >= 0.6 is 0 Å². The highest BCUT2D eigenvalue weighted by Gasteiger charge is 2.22. The van der Waals surface area contributed by atoms with E-state index in [0.29, 0.717) is 6.54 Å². The van der Waals surface area contributed by atoms with Crippen LogP contribution in [0.1, 0.15) is 52.1 Å². The molecule has 0 amide bonds. The van der Waals surface area contributed by atoms with Crippen molar-refractivity contribution in [2.45, 2.75) is 59.2 Å². The number of piperidine rings is 1. The van der Waals surface area contributed by atoms with Crippen molar-refractivity contribution in [3.8, 4) is 5.69 Å². The Morgan fingerprint density at radius 2 is 1.84 bits per heavy atom. The van der Waals surface area contributed by atoms with E-state index in [1.165, 1.54) is 0 Å². The highest BCUT2D eigenvalue weighted by atomic mass is 15.3. The van der Waals surface area contributed by atoms with Crippen LogP contribution in [0.5, 0.6) is 0 Å². The van der Waals surface area contributed by atoms with Crippen molar-refractivity contribution >= 4 is 28.7 Å². The third kappa shape index (κ3) is 5.11. The minimum Gasteiger partial charge on any atom is -0.364 e. The maximum atomic E-state index is 6.15. The molecule has 10 heteroatoms. The Kier molecular flexibility index (Phi) is 7.27. The summed E-state index contributed by atoms with van der Waals surface area (Å²) in [6.45, 7) is 12.7. The van der Waals surface area contributed by atoms with E-state index in [-0.39, 0.29) is 12.1 Å². The monoisotopic (exact) mass is 502 g/mol. The number of nitrogens with two attached hydrogens (primary N) is 1. The molecule has 1 aliphatic rings. The summed E-state index contributed by atoms with van der Waals surface area (Å²) in [5, 5.41) is 8.43. The zero-order valence-corrected chi connectivity index (χ0v) is 22.3. The first kappa shape index (κ1) is 25.0. The van der Waals surface area contributed by atoms with E-state index in [4.69, 9.17) is 20.8 Å². The molecular weight excluding hydrogens is 464 g/mol. The van der Waals surface area contributed by atoms with E-state index < -0.39 is 0 Å². The Labute approximate surface area is 218 Å². The van der Waals surface area contributed by atoms with Gasteiger partial charge in [-0.1, -0.05) is 18.2 Å². The lowest BCUT2D eigenvalue weighted by atomic mass is 10.1. The number of para-hydroxylation sites is 1. The highest BCUT2D eigenvalue weighted by molar-refractivity contribution is 5.84. The van der Waals surface area contributed by atoms with Crippen LogP contribution < -0.4 is 20.9 Å². The van der Waals surface area contributed by atoms with Gasteiger partial charge in [0.05, 0.1) is 12.0 Å². The standard InChI is InChI=1S/C27H38N10/c1-5-34(6-2)23-13-16-37(33-23)22-10-8-7-9-20(22)17-29-25-24-26(36(18-30-24)19(3)4)32-27(31-25)35-14-11-21(28)12-15-35/h7-10,13,16,18-19,21H,5-6,11-12,14-15,17,28H2,1-4H3,(H,29,31,32). The van der Waals surface area contributed by atoms with E-state index in [9.17, 15) is 0 Å². The van der Waals surface area contributed by atoms with Crippen molar-refractivity contribution in [3.05, 3.63) is 48.4 Å². The molecule has 0 spiro atoms. The zero-order valence-electron chi connectivity index (χ0n) is 22.3. The molecule has 0 unspecified atom stereocenters. The number of nitrogens with zero attached hydrogens (tertiary/aromatic N) is 8. The first-order valence-electron chi connectivity index (χ1n) is 13.4. The second kappa shape index (κ2) is 10.8. The fourth-order valence-electron chi connectivity index (χ4n) is 4.87. The molecule has 4 aromatic rings. The quantitative estimate of drug-likeness (QED) is 0.354. The van der Waals surface area contributed by atoms with Crippen LogP contribution in [0.3, 0.4) is 0 Å². The number of hydrogen-bond acceptors (Lipinski definition) is 8. The predicted octanol–water partition coefficient (Wildman–Crippen LogP) is 3.98. The second-order valence-electron chi connectivity index (χ2n) is 9.89. The minimum absolute atomic E-state index is 0.246. The summed E-state index contributed by atoms with van der Waals surface area (Å²) < 4.78 is 4.06. The van der Waals surface area contributed by atoms with E-state index in [0.717, 1.165) is 79.0 Å². The molecule has 3 aromatic heterocycles. The van der Waals surface area contributed by atoms with E-state index >= 15 is 0 Å². The van der Waals surface area contributed by atoms with Gasteiger partial charge in [0.25, 0.3) is 0 Å². The Morgan fingerprint density at radius 1 is 1.08 bits per heavy atom. The van der Waals surface area contributed by atoms with Crippen LogP contribution in [0, 0.1) is 0 Å². The number of benzene rings is 1. The van der Waals surface area contributed by atoms with Crippen LogP contribution in [-0.4, -0.2) is 61.5 Å². The summed E-state index contributed by atoms with van der Waals surface area (Å²) in [6.07, 6.45) is 5.77. The average molecular weight is 503 g/mol. The normalized spacial score (nSPS) is 14.6. The summed E-state index contributed by atoms with van der Waals surface area (Å²) >= 11 is 0. The number of anilines is 3. The lowest BCUT2D eigenvalue weighted by Crippen LogP contribution is -2.40. The molecule has 0 radical (unpaired) electrons. The van der Waals surface area contributed by atoms with Gasteiger partial charge in [-0.25, -0.2) is 9.67 Å². The fourth-order valence-corrected chi connectivity index (χ4v) is 4.87. The third-order valence-corrected chi connectivity index (χ3v) is 7.14. The molecule has 0 saturated carbocycles. The van der Waals surface area contributed by atoms with Gasteiger partial charge >= 0.3 is 0 Å². The molecule has 0 bridgehead atoms. The number of fused-ring (bicyclic) bond motifs is 1. The summed E-state index contributed by atoms with van der Waals surface area (Å²) in [6, 6.07) is 10.9. The van der Waals surface area contributed by atoms with Crippen molar-refractivity contribution in [3.63, 3.8) is 0 Å². The highest BCUT2D eigenvalue weighted by Crippen LogP contribution is 2.27. The van der Waals surface area contributed by atoms with E-state index in [1.807, 2.05) is 23.3 Å². The van der Waals surface area contributed by atoms with Crippen molar-refractivity contribution in [1.82, 2.24) is 29.3 Å². The van der Waals surface area contributed by atoms with Crippen molar-refractivity contribution in [2.75, 3.05) is 41.3 Å². The number of hydrogen-bond donors (Lipinski definition) is 2. The Morgan fingerprint density at radius 3 is 2.57 bits per heavy atom. The maximum absolute atomic E-state index is 6.15. The Bertz CT molecular complexity index is 1330. The summed E-state index contributed by atoms with van der Waals surface area (Å²) in [7, 11) is 0. The molecule has 3 N–H and O–H groups in total. The van der Waals surface area contributed by atoms with Crippen molar-refractivity contribution in [1.29, 1.82) is 0 Å². The second-order valence-corrected chi connectivity index (χ2v) is 9.89. The van der Waals surface area contributed by atoms with E-state index in [1.54, 1.807) is 0 Å². The molecule has 196 valence electrons. The number of nitrogens with one attached hydrogen (secondary N) is 1. The van der Waals surface area contributed by atoms with Gasteiger partial charge in [-0.05, 0) is 52.2 Å². The SMILES string of the molecule is CCN(CC)c1ccn(-c2ccccc2CNc2nc(N3CCC(N)CC3)nc3c2ncn3C(C)C)n1. The van der Waals surface area contributed by atoms with Gasteiger partial charge in [0, 0.05) is 57.1 Å². The molecule has 0 aliphatic carbocycles. The summed E-state index contributed by atoms with van der Waals surface area (Å²) in [5.41, 5.74) is 9.94. The molecule has 37 heavy (non-hydrogen) atoms. The lowest BCUT2D eigenvalue weighted by Gasteiger charge is -2.30. The molecule has 1 saturated heterocycles. The first-order valence-corrected chi connectivity index (χ1v) is 13.4. The largest absolute Gasteiger partial charge is 0.364 e. The van der Waals surface area contributed by atoms with Crippen LogP contribution in [-0.2, 0) is 6.54 Å². The van der Waals surface area contributed by atoms with Crippen LogP contribution in [0.25, 0.3) is 16.9 Å². The number of rotatable bonds is 9. The maximum Gasteiger partial charge on any atom is 0.229 e. The molecule has 5 rings (SSSR count). The minimum atomic E-state index is 0.246. The summed E-state index contributed by atoms with van der Waals surface area (Å²) in [4.78, 5) is 19.0. The van der Waals surface area contributed by atoms with Crippen molar-refractivity contribution < 1.29 is 0 Å². The molecule has 10 nitrogen and oxygen atoms in total.